The molecule has 2 heterocycles. The molecule has 0 aliphatic carbocycles. The number of rotatable bonds is 8. The third kappa shape index (κ3) is 5.32. The first-order valence-corrected chi connectivity index (χ1v) is 12.0. The molecule has 0 saturated carbocycles. The van der Waals surface area contributed by atoms with Gasteiger partial charge in [-0.3, -0.25) is 9.78 Å². The van der Waals surface area contributed by atoms with Crippen LogP contribution >= 0.6 is 0 Å². The van der Waals surface area contributed by atoms with Crippen LogP contribution in [-0.2, 0) is 16.6 Å². The van der Waals surface area contributed by atoms with Gasteiger partial charge in [0.05, 0.1) is 13.7 Å². The largest absolute Gasteiger partial charge is 0.495 e. The fourth-order valence-electron chi connectivity index (χ4n) is 3.73. The molecule has 0 radical (unpaired) electrons. The number of nitrogens with one attached hydrogen (secondary N) is 2. The molecular formula is C24H25N3O5S. The first kappa shape index (κ1) is 22.8. The Morgan fingerprint density at radius 3 is 2.82 bits per heavy atom. The fraction of sp³-hybridized carbons (Fsp3) is 0.250. The number of sulfonamides is 1. The molecule has 0 bridgehead atoms. The average Bonchev–Trinajstić information content (AvgIpc) is 2.86. The first-order valence-electron chi connectivity index (χ1n) is 10.5. The summed E-state index contributed by atoms with van der Waals surface area (Å²) >= 11 is 0. The molecule has 3 aromatic rings. The van der Waals surface area contributed by atoms with Gasteiger partial charge in [0.1, 0.15) is 16.4 Å². The van der Waals surface area contributed by atoms with Crippen LogP contribution < -0.4 is 19.5 Å². The number of carbonyl (C=O) groups is 1. The topological polar surface area (TPSA) is 107 Å². The molecule has 33 heavy (non-hydrogen) atoms. The van der Waals surface area contributed by atoms with Crippen molar-refractivity contribution in [2.24, 2.45) is 0 Å². The molecule has 1 aliphatic rings. The molecule has 1 aliphatic heterocycles. The molecule has 1 amide bonds. The van der Waals surface area contributed by atoms with Crippen molar-refractivity contribution in [1.29, 1.82) is 0 Å². The van der Waals surface area contributed by atoms with Gasteiger partial charge < -0.3 is 14.8 Å². The monoisotopic (exact) mass is 467 g/mol. The van der Waals surface area contributed by atoms with Gasteiger partial charge in [-0.25, -0.2) is 13.1 Å². The van der Waals surface area contributed by atoms with Crippen LogP contribution in [0.1, 0.15) is 33.8 Å². The Morgan fingerprint density at radius 1 is 1.18 bits per heavy atom. The van der Waals surface area contributed by atoms with E-state index in [1.807, 2.05) is 24.3 Å². The van der Waals surface area contributed by atoms with E-state index < -0.39 is 10.0 Å². The quantitative estimate of drug-likeness (QED) is 0.528. The third-order valence-electron chi connectivity index (χ3n) is 5.50. The van der Waals surface area contributed by atoms with Crippen LogP contribution in [0.3, 0.4) is 0 Å². The number of hydrogen-bond donors (Lipinski definition) is 2. The maximum atomic E-state index is 12.9. The highest BCUT2D eigenvalue weighted by Crippen LogP contribution is 2.33. The number of methoxy groups -OCH3 is 1. The molecule has 172 valence electrons. The molecular weight excluding hydrogens is 442 g/mol. The lowest BCUT2D eigenvalue weighted by Crippen LogP contribution is -2.31. The zero-order valence-corrected chi connectivity index (χ0v) is 19.0. The molecule has 0 saturated heterocycles. The van der Waals surface area contributed by atoms with Gasteiger partial charge in [0.2, 0.25) is 10.0 Å². The summed E-state index contributed by atoms with van der Waals surface area (Å²) in [4.78, 5) is 16.7. The highest BCUT2D eigenvalue weighted by Gasteiger charge is 2.24. The van der Waals surface area contributed by atoms with E-state index in [0.717, 1.165) is 17.7 Å². The van der Waals surface area contributed by atoms with Gasteiger partial charge in [0.15, 0.2) is 0 Å². The molecule has 0 fully saturated rings. The number of ether oxygens (including phenoxy) is 2. The Hall–Kier alpha value is -3.43. The number of hydrogen-bond acceptors (Lipinski definition) is 6. The Kier molecular flexibility index (Phi) is 6.90. The fourth-order valence-corrected chi connectivity index (χ4v) is 4.94. The zero-order chi connectivity index (χ0) is 23.3. The van der Waals surface area contributed by atoms with E-state index in [9.17, 15) is 13.2 Å². The van der Waals surface area contributed by atoms with Crippen molar-refractivity contribution in [1.82, 2.24) is 15.0 Å². The van der Waals surface area contributed by atoms with E-state index in [4.69, 9.17) is 9.47 Å². The summed E-state index contributed by atoms with van der Waals surface area (Å²) in [5.41, 5.74) is 2.00. The van der Waals surface area contributed by atoms with Gasteiger partial charge in [-0.2, -0.15) is 0 Å². The van der Waals surface area contributed by atoms with Gasteiger partial charge in [0, 0.05) is 37.0 Å². The second kappa shape index (κ2) is 10.0. The number of pyridine rings is 1. The Bertz CT molecular complexity index is 1230. The van der Waals surface area contributed by atoms with Gasteiger partial charge >= 0.3 is 0 Å². The minimum absolute atomic E-state index is 0.0684. The van der Waals surface area contributed by atoms with E-state index in [-0.39, 0.29) is 34.6 Å². The van der Waals surface area contributed by atoms with Crippen molar-refractivity contribution in [2.75, 3.05) is 20.3 Å². The van der Waals surface area contributed by atoms with Gasteiger partial charge in [-0.1, -0.05) is 24.3 Å². The molecule has 4 rings (SSSR count). The summed E-state index contributed by atoms with van der Waals surface area (Å²) in [6.45, 7) is 1.08. The lowest BCUT2D eigenvalue weighted by molar-refractivity contribution is 0.0948. The summed E-state index contributed by atoms with van der Waals surface area (Å²) in [6, 6.07) is 15.6. The van der Waals surface area contributed by atoms with Crippen LogP contribution in [-0.4, -0.2) is 39.6 Å². The molecule has 9 heteroatoms. The van der Waals surface area contributed by atoms with E-state index in [2.05, 4.69) is 15.0 Å². The Balaban J connectivity index is 1.48. The number of fused-ring (bicyclic) bond motifs is 1. The maximum absolute atomic E-state index is 12.9. The zero-order valence-electron chi connectivity index (χ0n) is 18.2. The molecule has 1 aromatic heterocycles. The van der Waals surface area contributed by atoms with Crippen molar-refractivity contribution in [3.63, 3.8) is 0 Å². The van der Waals surface area contributed by atoms with Crippen molar-refractivity contribution in [2.45, 2.75) is 23.8 Å². The number of nitrogens with zero attached hydrogens (tertiary/aromatic N) is 1. The van der Waals surface area contributed by atoms with E-state index in [1.54, 1.807) is 30.6 Å². The molecule has 0 spiro atoms. The molecule has 1 unspecified atom stereocenters. The van der Waals surface area contributed by atoms with Crippen molar-refractivity contribution >= 4 is 15.9 Å². The van der Waals surface area contributed by atoms with Crippen LogP contribution in [0.25, 0.3) is 0 Å². The van der Waals surface area contributed by atoms with Crippen LogP contribution in [0.2, 0.25) is 0 Å². The number of amides is 1. The molecule has 2 aromatic carbocycles. The summed E-state index contributed by atoms with van der Waals surface area (Å²) in [6.07, 6.45) is 3.98. The summed E-state index contributed by atoms with van der Waals surface area (Å²) in [7, 11) is -2.55. The van der Waals surface area contributed by atoms with Crippen LogP contribution in [0.15, 0.2) is 71.9 Å². The number of aromatic nitrogens is 1. The van der Waals surface area contributed by atoms with Crippen molar-refractivity contribution < 1.29 is 22.7 Å². The molecule has 8 nitrogen and oxygen atoms in total. The highest BCUT2D eigenvalue weighted by molar-refractivity contribution is 7.89. The normalized spacial score (nSPS) is 15.2. The van der Waals surface area contributed by atoms with Gasteiger partial charge in [-0.05, 0) is 47.9 Å². The summed E-state index contributed by atoms with van der Waals surface area (Å²) in [5, 5.41) is 2.92. The van der Waals surface area contributed by atoms with Crippen LogP contribution in [0.5, 0.6) is 11.5 Å². The standard InChI is InChI=1S/C24H25N3O5S/c1-31-22-9-8-18(13-23(22)33(29,30)27-15-17-5-4-11-25-14-17)24(28)26-16-19-10-12-32-21-7-3-2-6-20(19)21/h2-9,11,13-14,19,27H,10,12,15-16H2,1H3,(H,26,28). The minimum atomic E-state index is -3.93. The smallest absolute Gasteiger partial charge is 0.251 e. The molecule has 1 atom stereocenters. The number of benzene rings is 2. The van der Waals surface area contributed by atoms with Crippen molar-refractivity contribution in [3.8, 4) is 11.5 Å². The number of para-hydroxylation sites is 1. The molecule has 2 N–H and O–H groups in total. The third-order valence-corrected chi connectivity index (χ3v) is 6.92. The SMILES string of the molecule is COc1ccc(C(=O)NCC2CCOc3ccccc32)cc1S(=O)(=O)NCc1cccnc1. The summed E-state index contributed by atoms with van der Waals surface area (Å²) < 4.78 is 39.3. The lowest BCUT2D eigenvalue weighted by Gasteiger charge is -2.26. The summed E-state index contributed by atoms with van der Waals surface area (Å²) in [5.74, 6) is 0.760. The maximum Gasteiger partial charge on any atom is 0.251 e. The Labute approximate surface area is 193 Å². The van der Waals surface area contributed by atoms with E-state index in [0.29, 0.717) is 18.7 Å². The van der Waals surface area contributed by atoms with Crippen LogP contribution in [0, 0.1) is 0 Å². The number of carbonyl (C=O) groups excluding carboxylic acids is 1. The predicted octanol–water partition coefficient (Wildman–Crippen LogP) is 2.86. The van der Waals surface area contributed by atoms with E-state index in [1.165, 1.54) is 19.2 Å². The second-order valence-corrected chi connectivity index (χ2v) is 9.37. The predicted molar refractivity (Wildman–Crippen MR) is 123 cm³/mol. The second-order valence-electron chi connectivity index (χ2n) is 7.63. The Morgan fingerprint density at radius 2 is 2.03 bits per heavy atom. The van der Waals surface area contributed by atoms with Gasteiger partial charge in [-0.15, -0.1) is 0 Å². The average molecular weight is 468 g/mol. The first-order chi connectivity index (χ1) is 16.0. The van der Waals surface area contributed by atoms with E-state index >= 15 is 0 Å². The van der Waals surface area contributed by atoms with Crippen molar-refractivity contribution in [3.05, 3.63) is 83.7 Å². The van der Waals surface area contributed by atoms with Gasteiger partial charge in [0.25, 0.3) is 5.91 Å². The highest BCUT2D eigenvalue weighted by atomic mass is 32.2. The lowest BCUT2D eigenvalue weighted by atomic mass is 9.93. The van der Waals surface area contributed by atoms with Crippen LogP contribution in [0.4, 0.5) is 0 Å². The minimum Gasteiger partial charge on any atom is -0.495 e.